The van der Waals surface area contributed by atoms with Gasteiger partial charge in [-0.25, -0.2) is 4.98 Å². The maximum absolute atomic E-state index is 9.84. The second kappa shape index (κ2) is 7.16. The number of aromatic amines is 2. The second-order valence-corrected chi connectivity index (χ2v) is 7.67. The predicted molar refractivity (Wildman–Crippen MR) is 105 cm³/mol. The fraction of sp³-hybridized carbons (Fsp3) is 0.222. The molecular weight excluding hydrogens is 448 g/mol. The molecule has 0 radical (unpaired) electrons. The molecule has 5 nitrogen and oxygen atoms in total. The molecule has 1 atom stereocenters. The Morgan fingerprint density at radius 1 is 1.48 bits per heavy atom. The lowest BCUT2D eigenvalue weighted by molar-refractivity contribution is 0.250. The number of rotatable bonds is 3. The van der Waals surface area contributed by atoms with E-state index in [1.165, 1.54) is 0 Å². The maximum Gasteiger partial charge on any atom is 0.164 e. The molecule has 3 aromatic rings. The van der Waals surface area contributed by atoms with E-state index in [1.807, 2.05) is 25.3 Å². The quantitative estimate of drug-likeness (QED) is 0.558. The number of halogens is 2. The van der Waals surface area contributed by atoms with Crippen molar-refractivity contribution < 1.29 is 5.11 Å². The van der Waals surface area contributed by atoms with Gasteiger partial charge in [-0.05, 0) is 47.5 Å². The zero-order chi connectivity index (χ0) is 18.1. The Morgan fingerprint density at radius 3 is 2.92 bits per heavy atom. The van der Waals surface area contributed by atoms with Crippen LogP contribution in [-0.2, 0) is 6.42 Å². The number of pyridine rings is 1. The van der Waals surface area contributed by atoms with E-state index < -0.39 is 6.10 Å². The molecule has 0 aliphatic rings. The van der Waals surface area contributed by atoms with Gasteiger partial charge in [-0.3, -0.25) is 0 Å². The summed E-state index contributed by atoms with van der Waals surface area (Å²) in [5.41, 5.74) is 2.95. The number of nitrogens with zero attached hydrogens (tertiary/aromatic N) is 2. The minimum Gasteiger partial charge on any atom is -0.389 e. The first-order chi connectivity index (χ1) is 11.9. The van der Waals surface area contributed by atoms with E-state index >= 15 is 0 Å². The summed E-state index contributed by atoms with van der Waals surface area (Å²) in [5.74, 6) is 0. The summed E-state index contributed by atoms with van der Waals surface area (Å²) in [4.78, 5) is 10.6. The number of nitrogens with one attached hydrogen (secondary N) is 2. The lowest BCUT2D eigenvalue weighted by Crippen LogP contribution is -2.29. The topological polar surface area (TPSA) is 88.5 Å². The third-order valence-corrected chi connectivity index (χ3v) is 5.53. The summed E-state index contributed by atoms with van der Waals surface area (Å²) in [7, 11) is 0. The van der Waals surface area contributed by atoms with E-state index in [2.05, 4.69) is 52.9 Å². The monoisotopic (exact) mass is 462 g/mol. The number of aromatic nitrogens is 3. The fourth-order valence-electron chi connectivity index (χ4n) is 2.71. The van der Waals surface area contributed by atoms with E-state index in [-0.39, 0.29) is 0 Å². The van der Waals surface area contributed by atoms with Gasteiger partial charge >= 0.3 is 0 Å². The highest BCUT2D eigenvalue weighted by atomic mass is 79.9. The molecule has 0 spiro atoms. The van der Waals surface area contributed by atoms with Crippen molar-refractivity contribution in [2.75, 3.05) is 0 Å². The van der Waals surface area contributed by atoms with Gasteiger partial charge in [0.2, 0.25) is 0 Å². The number of nitriles is 1. The van der Waals surface area contributed by atoms with Crippen LogP contribution in [0.1, 0.15) is 25.2 Å². The van der Waals surface area contributed by atoms with Gasteiger partial charge in [-0.15, -0.1) is 0 Å². The van der Waals surface area contributed by atoms with Gasteiger partial charge in [0.1, 0.15) is 6.07 Å². The Balaban J connectivity index is 2.12. The number of hydrogen-bond donors (Lipinski definition) is 3. The van der Waals surface area contributed by atoms with Crippen LogP contribution in [0.4, 0.5) is 0 Å². The largest absolute Gasteiger partial charge is 0.389 e. The van der Waals surface area contributed by atoms with Gasteiger partial charge in [-0.2, -0.15) is 5.26 Å². The van der Waals surface area contributed by atoms with Crippen molar-refractivity contribution in [1.29, 1.82) is 5.26 Å². The van der Waals surface area contributed by atoms with Crippen LogP contribution in [0, 0.1) is 11.3 Å². The van der Waals surface area contributed by atoms with Crippen LogP contribution in [0.3, 0.4) is 0 Å². The zero-order valence-electron chi connectivity index (χ0n) is 13.7. The average molecular weight is 464 g/mol. The van der Waals surface area contributed by atoms with E-state index in [0.717, 1.165) is 41.7 Å². The Morgan fingerprint density at radius 2 is 2.24 bits per heavy atom. The van der Waals surface area contributed by atoms with E-state index in [9.17, 15) is 10.4 Å². The zero-order valence-corrected chi connectivity index (χ0v) is 16.9. The van der Waals surface area contributed by atoms with Crippen molar-refractivity contribution in [3.8, 4) is 6.07 Å². The van der Waals surface area contributed by atoms with Gasteiger partial charge in [0.25, 0.3) is 0 Å². The highest BCUT2D eigenvalue weighted by molar-refractivity contribution is 9.14. The highest BCUT2D eigenvalue weighted by Gasteiger charge is 2.11. The third kappa shape index (κ3) is 3.43. The summed E-state index contributed by atoms with van der Waals surface area (Å²) in [6, 6.07) is 6.10. The molecule has 1 unspecified atom stereocenters. The molecule has 25 heavy (non-hydrogen) atoms. The number of hydrogen-bond acceptors (Lipinski definition) is 3. The predicted octanol–water partition coefficient (Wildman–Crippen LogP) is 2.82. The molecule has 0 aromatic carbocycles. The van der Waals surface area contributed by atoms with Crippen LogP contribution in [0.15, 0.2) is 29.0 Å². The van der Waals surface area contributed by atoms with Crippen LogP contribution >= 0.6 is 31.9 Å². The van der Waals surface area contributed by atoms with Crippen LogP contribution in [0.5, 0.6) is 0 Å². The van der Waals surface area contributed by atoms with E-state index in [4.69, 9.17) is 0 Å². The minimum absolute atomic E-state index is 0.376. The molecule has 0 bridgehead atoms. The van der Waals surface area contributed by atoms with Gasteiger partial charge in [0, 0.05) is 49.4 Å². The molecule has 0 saturated carbocycles. The standard InChI is InChI=1S/C18H16Br2N4O/c1-9(10(2)25)17-12(3-4-22-17)14(19)6-11-5-13-15(20)8-23-16(7-21)18(13)24-11/h3-5,8,10,22,24-25H,6H2,1-2H3. The molecule has 0 fully saturated rings. The normalized spacial score (nSPS) is 15.0. The summed E-state index contributed by atoms with van der Waals surface area (Å²) in [6.07, 6.45) is 3.61. The Labute approximate surface area is 161 Å². The lowest BCUT2D eigenvalue weighted by atomic mass is 10.1. The first-order valence-electron chi connectivity index (χ1n) is 7.69. The van der Waals surface area contributed by atoms with Gasteiger partial charge in [-0.1, -0.05) is 15.9 Å². The van der Waals surface area contributed by atoms with E-state index in [1.54, 1.807) is 13.1 Å². The Hall–Kier alpha value is -1.88. The molecule has 3 aromatic heterocycles. The minimum atomic E-state index is -0.522. The van der Waals surface area contributed by atoms with Crippen molar-refractivity contribution in [3.05, 3.63) is 51.0 Å². The van der Waals surface area contributed by atoms with Gasteiger partial charge < -0.3 is 15.1 Å². The number of aliphatic hydroxyl groups excluding tert-OH is 1. The molecule has 3 heterocycles. The summed E-state index contributed by atoms with van der Waals surface area (Å²) in [5, 5.41) is 21.9. The molecule has 0 aliphatic carbocycles. The van der Waals surface area contributed by atoms with E-state index in [0.29, 0.717) is 12.1 Å². The third-order valence-electron chi connectivity index (χ3n) is 4.19. The van der Waals surface area contributed by atoms with Crippen LogP contribution in [-0.4, -0.2) is 26.2 Å². The molecule has 3 N–H and O–H groups in total. The van der Waals surface area contributed by atoms with Crippen molar-refractivity contribution >= 4 is 52.8 Å². The first-order valence-corrected chi connectivity index (χ1v) is 9.28. The summed E-state index contributed by atoms with van der Waals surface area (Å²) < 4.78 is 1.83. The molecular formula is C18H16Br2N4O. The average Bonchev–Trinajstić information content (AvgIpc) is 3.21. The van der Waals surface area contributed by atoms with Gasteiger partial charge in [0.15, 0.2) is 5.69 Å². The van der Waals surface area contributed by atoms with Gasteiger partial charge in [0.05, 0.1) is 11.6 Å². The molecule has 128 valence electrons. The number of fused-ring (bicyclic) bond motifs is 1. The van der Waals surface area contributed by atoms with Crippen LogP contribution in [0.2, 0.25) is 0 Å². The lowest BCUT2D eigenvalue weighted by Gasteiger charge is -2.03. The Bertz CT molecular complexity index is 1100. The summed E-state index contributed by atoms with van der Waals surface area (Å²) in [6.45, 7) is 3.66. The maximum atomic E-state index is 9.84. The smallest absolute Gasteiger partial charge is 0.164 e. The molecule has 0 aliphatic heterocycles. The first kappa shape index (κ1) is 17.9. The second-order valence-electron chi connectivity index (χ2n) is 5.86. The molecule has 7 heteroatoms. The van der Waals surface area contributed by atoms with Crippen molar-refractivity contribution in [3.63, 3.8) is 0 Å². The Kier molecular flexibility index (Phi) is 5.13. The molecule has 0 saturated heterocycles. The van der Waals surface area contributed by atoms with Crippen molar-refractivity contribution in [2.24, 2.45) is 0 Å². The highest BCUT2D eigenvalue weighted by Crippen LogP contribution is 2.27. The summed E-state index contributed by atoms with van der Waals surface area (Å²) >= 11 is 7.15. The fourth-order valence-corrected chi connectivity index (χ4v) is 3.76. The van der Waals surface area contributed by atoms with Crippen molar-refractivity contribution in [2.45, 2.75) is 26.4 Å². The number of H-pyrrole nitrogens is 2. The van der Waals surface area contributed by atoms with Crippen LogP contribution in [0.25, 0.3) is 21.0 Å². The van der Waals surface area contributed by atoms with Crippen LogP contribution < -0.4 is 10.6 Å². The number of aliphatic hydroxyl groups is 1. The van der Waals surface area contributed by atoms with Crippen molar-refractivity contribution in [1.82, 2.24) is 15.0 Å². The molecule has 0 amide bonds. The SMILES string of the molecule is CC(=c1[nH]ccc1=C(Br)Cc1cc2c(Br)cnc(C#N)c2[nH]1)C(C)O. The molecule has 3 rings (SSSR count).